The van der Waals surface area contributed by atoms with Gasteiger partial charge in [-0.25, -0.2) is 8.42 Å². The predicted octanol–water partition coefficient (Wildman–Crippen LogP) is 1.31. The lowest BCUT2D eigenvalue weighted by Gasteiger charge is -2.11. The molecule has 0 heterocycles. The van der Waals surface area contributed by atoms with E-state index in [0.29, 0.717) is 6.54 Å². The fourth-order valence-corrected chi connectivity index (χ4v) is 2.25. The van der Waals surface area contributed by atoms with E-state index in [1.807, 2.05) is 25.1 Å². The number of benzene rings is 1. The van der Waals surface area contributed by atoms with Gasteiger partial charge >= 0.3 is 0 Å². The van der Waals surface area contributed by atoms with Gasteiger partial charge in [-0.15, -0.1) is 0 Å². The molecule has 1 aromatic rings. The van der Waals surface area contributed by atoms with E-state index in [1.54, 1.807) is 6.92 Å². The summed E-state index contributed by atoms with van der Waals surface area (Å²) in [5.41, 5.74) is 7.73. The van der Waals surface area contributed by atoms with E-state index in [9.17, 15) is 8.42 Å². The molecule has 1 rings (SSSR count). The molecule has 18 heavy (non-hydrogen) atoms. The number of hydrogen-bond acceptors (Lipinski definition) is 4. The van der Waals surface area contributed by atoms with Crippen molar-refractivity contribution in [1.29, 1.82) is 0 Å². The second-order valence-corrected chi connectivity index (χ2v) is 6.71. The maximum atomic E-state index is 11.4. The van der Waals surface area contributed by atoms with Crippen LogP contribution in [0.2, 0.25) is 0 Å². The molecule has 0 radical (unpaired) electrons. The fourth-order valence-electron chi connectivity index (χ4n) is 1.62. The molecule has 0 aromatic heterocycles. The van der Waals surface area contributed by atoms with Gasteiger partial charge in [0.05, 0.1) is 5.75 Å². The van der Waals surface area contributed by atoms with E-state index in [2.05, 4.69) is 0 Å². The number of sulfone groups is 1. The zero-order valence-electron chi connectivity index (χ0n) is 11.0. The largest absolute Gasteiger partial charge is 0.492 e. The molecule has 102 valence electrons. The van der Waals surface area contributed by atoms with Gasteiger partial charge in [0.2, 0.25) is 0 Å². The lowest BCUT2D eigenvalue weighted by atomic mass is 10.1. The Balaban J connectivity index is 2.67. The average molecular weight is 271 g/mol. The topological polar surface area (TPSA) is 69.4 Å². The average Bonchev–Trinajstić information content (AvgIpc) is 2.32. The second kappa shape index (κ2) is 6.75. The maximum Gasteiger partial charge on any atom is 0.153 e. The van der Waals surface area contributed by atoms with Crippen molar-refractivity contribution in [1.82, 2.24) is 0 Å². The minimum absolute atomic E-state index is 0.0550. The van der Waals surface area contributed by atoms with Crippen molar-refractivity contribution < 1.29 is 13.2 Å². The van der Waals surface area contributed by atoms with Gasteiger partial charge in [0.25, 0.3) is 0 Å². The van der Waals surface area contributed by atoms with Gasteiger partial charge in [-0.05, 0) is 31.5 Å². The molecule has 0 amide bonds. The number of nitrogens with two attached hydrogens (primary N) is 1. The van der Waals surface area contributed by atoms with Crippen LogP contribution in [0.3, 0.4) is 0 Å². The second-order valence-electron chi connectivity index (χ2n) is 4.23. The monoisotopic (exact) mass is 271 g/mol. The maximum absolute atomic E-state index is 11.4. The zero-order chi connectivity index (χ0) is 13.6. The molecule has 5 heteroatoms. The minimum Gasteiger partial charge on any atom is -0.492 e. The van der Waals surface area contributed by atoms with Crippen molar-refractivity contribution >= 4 is 9.84 Å². The minimum atomic E-state index is -2.97. The van der Waals surface area contributed by atoms with Crippen molar-refractivity contribution in [3.8, 4) is 5.75 Å². The van der Waals surface area contributed by atoms with E-state index in [0.717, 1.165) is 23.3 Å². The van der Waals surface area contributed by atoms with Crippen molar-refractivity contribution in [2.45, 2.75) is 20.3 Å². The summed E-state index contributed by atoms with van der Waals surface area (Å²) in [7, 11) is -2.97. The summed E-state index contributed by atoms with van der Waals surface area (Å²) in [6.07, 6.45) is 0.734. The third-order valence-corrected chi connectivity index (χ3v) is 4.39. The highest BCUT2D eigenvalue weighted by atomic mass is 32.2. The Bertz CT molecular complexity index is 483. The Kier molecular flexibility index (Phi) is 5.62. The first-order chi connectivity index (χ1) is 8.48. The highest BCUT2D eigenvalue weighted by molar-refractivity contribution is 7.91. The Morgan fingerprint density at radius 2 is 2.06 bits per heavy atom. The lowest BCUT2D eigenvalue weighted by molar-refractivity contribution is 0.337. The molecule has 0 saturated carbocycles. The number of aryl methyl sites for hydroxylation is 1. The fraction of sp³-hybridized carbons (Fsp3) is 0.538. The van der Waals surface area contributed by atoms with Crippen molar-refractivity contribution in [3.63, 3.8) is 0 Å². The molecule has 0 aliphatic carbocycles. The Morgan fingerprint density at radius 3 is 2.67 bits per heavy atom. The smallest absolute Gasteiger partial charge is 0.153 e. The highest BCUT2D eigenvalue weighted by Crippen LogP contribution is 2.20. The summed E-state index contributed by atoms with van der Waals surface area (Å²) >= 11 is 0. The van der Waals surface area contributed by atoms with E-state index < -0.39 is 9.84 Å². The standard InChI is InChI=1S/C13H21NO3S/c1-3-18(15,16)9-8-17-13-5-4-11(2)10-12(13)6-7-14/h4-5,10H,3,6-9,14H2,1-2H3. The number of ether oxygens (including phenoxy) is 1. The van der Waals surface area contributed by atoms with Crippen LogP contribution in [-0.2, 0) is 16.3 Å². The van der Waals surface area contributed by atoms with Gasteiger partial charge in [-0.3, -0.25) is 0 Å². The molecule has 1 aromatic carbocycles. The lowest BCUT2D eigenvalue weighted by Crippen LogP contribution is -2.16. The van der Waals surface area contributed by atoms with Crippen molar-refractivity contribution in [2.24, 2.45) is 5.73 Å². The SMILES string of the molecule is CCS(=O)(=O)CCOc1ccc(C)cc1CCN. The number of hydrogen-bond donors (Lipinski definition) is 1. The Morgan fingerprint density at radius 1 is 1.33 bits per heavy atom. The first-order valence-electron chi connectivity index (χ1n) is 6.11. The molecule has 0 bridgehead atoms. The third kappa shape index (κ3) is 4.66. The molecular weight excluding hydrogens is 250 g/mol. The molecular formula is C13H21NO3S. The third-order valence-electron chi connectivity index (χ3n) is 2.72. The van der Waals surface area contributed by atoms with Gasteiger partial charge < -0.3 is 10.5 Å². The van der Waals surface area contributed by atoms with Gasteiger partial charge in [0.15, 0.2) is 9.84 Å². The molecule has 0 aliphatic rings. The highest BCUT2D eigenvalue weighted by Gasteiger charge is 2.09. The molecule has 0 atom stereocenters. The van der Waals surface area contributed by atoms with Crippen LogP contribution < -0.4 is 10.5 Å². The van der Waals surface area contributed by atoms with Crippen LogP contribution in [0.1, 0.15) is 18.1 Å². The molecule has 0 aliphatic heterocycles. The first kappa shape index (κ1) is 15.0. The van der Waals surface area contributed by atoms with Crippen molar-refractivity contribution in [2.75, 3.05) is 24.7 Å². The van der Waals surface area contributed by atoms with Crippen LogP contribution in [0.5, 0.6) is 5.75 Å². The number of rotatable bonds is 7. The van der Waals surface area contributed by atoms with Crippen LogP contribution in [-0.4, -0.2) is 33.1 Å². The summed E-state index contributed by atoms with van der Waals surface area (Å²) in [5.74, 6) is 0.941. The normalized spacial score (nSPS) is 11.5. The van der Waals surface area contributed by atoms with Crippen LogP contribution in [0.25, 0.3) is 0 Å². The van der Waals surface area contributed by atoms with Gasteiger partial charge in [-0.1, -0.05) is 24.6 Å². The summed E-state index contributed by atoms with van der Waals surface area (Å²) < 4.78 is 28.3. The molecule has 4 nitrogen and oxygen atoms in total. The Hall–Kier alpha value is -1.07. The Labute approximate surface area is 109 Å². The van der Waals surface area contributed by atoms with E-state index in [-0.39, 0.29) is 18.1 Å². The molecule has 2 N–H and O–H groups in total. The van der Waals surface area contributed by atoms with Gasteiger partial charge in [0.1, 0.15) is 12.4 Å². The van der Waals surface area contributed by atoms with Crippen LogP contribution in [0, 0.1) is 6.92 Å². The van der Waals surface area contributed by atoms with E-state index in [1.165, 1.54) is 0 Å². The van der Waals surface area contributed by atoms with Crippen LogP contribution in [0.4, 0.5) is 0 Å². The first-order valence-corrected chi connectivity index (χ1v) is 7.93. The summed E-state index contributed by atoms with van der Waals surface area (Å²) in [4.78, 5) is 0. The molecule has 0 fully saturated rings. The summed E-state index contributed by atoms with van der Waals surface area (Å²) in [6, 6.07) is 5.85. The molecule has 0 unspecified atom stereocenters. The summed E-state index contributed by atoms with van der Waals surface area (Å²) in [5, 5.41) is 0. The van der Waals surface area contributed by atoms with E-state index in [4.69, 9.17) is 10.5 Å². The summed E-state index contributed by atoms with van der Waals surface area (Å²) in [6.45, 7) is 4.39. The quantitative estimate of drug-likeness (QED) is 0.812. The predicted molar refractivity (Wildman–Crippen MR) is 73.8 cm³/mol. The van der Waals surface area contributed by atoms with Crippen LogP contribution >= 0.6 is 0 Å². The van der Waals surface area contributed by atoms with Gasteiger partial charge in [0, 0.05) is 5.75 Å². The zero-order valence-corrected chi connectivity index (χ0v) is 11.8. The van der Waals surface area contributed by atoms with E-state index >= 15 is 0 Å². The van der Waals surface area contributed by atoms with Crippen LogP contribution in [0.15, 0.2) is 18.2 Å². The van der Waals surface area contributed by atoms with Gasteiger partial charge in [-0.2, -0.15) is 0 Å². The van der Waals surface area contributed by atoms with Crippen molar-refractivity contribution in [3.05, 3.63) is 29.3 Å². The molecule has 0 spiro atoms. The molecule has 0 saturated heterocycles.